The minimum atomic E-state index is -5.21. The number of hydrogen-bond donors (Lipinski definition) is 1. The molecule has 0 saturated carbocycles. The first-order chi connectivity index (χ1) is 20.9. The van der Waals surface area contributed by atoms with E-state index in [0.717, 1.165) is 12.1 Å². The number of anilines is 2. The number of carbonyl (C=O) groups is 3. The molecule has 1 aliphatic rings. The summed E-state index contributed by atoms with van der Waals surface area (Å²) >= 11 is 5.46. The number of aromatic nitrogens is 1. The molecule has 0 bridgehead atoms. The van der Waals surface area contributed by atoms with Gasteiger partial charge in [0.15, 0.2) is 10.9 Å². The van der Waals surface area contributed by atoms with Gasteiger partial charge in [0, 0.05) is 6.07 Å². The highest BCUT2D eigenvalue weighted by Gasteiger charge is 2.53. The minimum Gasteiger partial charge on any atom is -0.479 e. The van der Waals surface area contributed by atoms with E-state index in [1.807, 2.05) is 20.8 Å². The zero-order valence-electron chi connectivity index (χ0n) is 25.2. The molecule has 1 unspecified atom stereocenters. The maximum atomic E-state index is 15.3. The minimum absolute atomic E-state index is 0.0107. The van der Waals surface area contributed by atoms with Crippen molar-refractivity contribution in [3.8, 4) is 17.8 Å². The summed E-state index contributed by atoms with van der Waals surface area (Å²) in [6, 6.07) is 5.15. The monoisotopic (exact) mass is 653 g/mol. The van der Waals surface area contributed by atoms with E-state index in [2.05, 4.69) is 10.3 Å². The number of pyridine rings is 1. The van der Waals surface area contributed by atoms with Crippen LogP contribution >= 0.6 is 12.2 Å². The molecular weight excluding hydrogens is 622 g/mol. The lowest BCUT2D eigenvalue weighted by Gasteiger charge is -2.30. The van der Waals surface area contributed by atoms with E-state index in [4.69, 9.17) is 31.7 Å². The van der Waals surface area contributed by atoms with Crippen molar-refractivity contribution >= 4 is 46.8 Å². The van der Waals surface area contributed by atoms with Crippen molar-refractivity contribution in [1.82, 2.24) is 10.3 Å². The average molecular weight is 654 g/mol. The van der Waals surface area contributed by atoms with Gasteiger partial charge < -0.3 is 24.3 Å². The Morgan fingerprint density at radius 2 is 1.82 bits per heavy atom. The van der Waals surface area contributed by atoms with Crippen LogP contribution in [0.15, 0.2) is 24.3 Å². The molecule has 1 aromatic heterocycles. The largest absolute Gasteiger partial charge is 0.479 e. The molecular formula is C29H31F4N5O6S. The maximum Gasteiger partial charge on any atom is 0.420 e. The molecule has 242 valence electrons. The number of alkyl halides is 3. The lowest BCUT2D eigenvalue weighted by atomic mass is 9.88. The Bertz CT molecular complexity index is 1540. The molecule has 11 nitrogen and oxygen atoms in total. The van der Waals surface area contributed by atoms with Crippen molar-refractivity contribution in [2.24, 2.45) is 5.41 Å². The van der Waals surface area contributed by atoms with Gasteiger partial charge >= 0.3 is 6.18 Å². The van der Waals surface area contributed by atoms with E-state index in [1.165, 1.54) is 44.1 Å². The first-order valence-corrected chi connectivity index (χ1v) is 13.8. The Morgan fingerprint density at radius 3 is 2.38 bits per heavy atom. The lowest BCUT2D eigenvalue weighted by molar-refractivity contribution is -0.140. The summed E-state index contributed by atoms with van der Waals surface area (Å²) in [7, 11) is 1.28. The summed E-state index contributed by atoms with van der Waals surface area (Å²) in [6.45, 7) is 7.94. The van der Waals surface area contributed by atoms with E-state index < -0.39 is 57.6 Å². The van der Waals surface area contributed by atoms with Crippen molar-refractivity contribution in [2.75, 3.05) is 36.7 Å². The van der Waals surface area contributed by atoms with E-state index in [1.54, 1.807) is 0 Å². The van der Waals surface area contributed by atoms with Gasteiger partial charge in [-0.2, -0.15) is 23.4 Å². The molecule has 0 radical (unpaired) electrons. The summed E-state index contributed by atoms with van der Waals surface area (Å²) in [4.78, 5) is 42.9. The number of hydrogen-bond acceptors (Lipinski definition) is 9. The van der Waals surface area contributed by atoms with Crippen molar-refractivity contribution in [1.29, 1.82) is 5.26 Å². The highest BCUT2D eigenvalue weighted by atomic mass is 32.1. The third-order valence-corrected chi connectivity index (χ3v) is 7.14. The zero-order chi connectivity index (χ0) is 33.9. The molecule has 0 aliphatic carbocycles. The molecule has 16 heteroatoms. The molecule has 2 aromatic rings. The molecule has 1 aliphatic heterocycles. The van der Waals surface area contributed by atoms with Crippen LogP contribution < -0.4 is 24.6 Å². The fourth-order valence-corrected chi connectivity index (χ4v) is 4.88. The van der Waals surface area contributed by atoms with Gasteiger partial charge in [-0.05, 0) is 49.7 Å². The number of nitriles is 1. The van der Waals surface area contributed by atoms with Gasteiger partial charge in [-0.1, -0.05) is 20.8 Å². The summed E-state index contributed by atoms with van der Waals surface area (Å²) in [6.07, 6.45) is -4.56. The first-order valence-electron chi connectivity index (χ1n) is 13.4. The van der Waals surface area contributed by atoms with Gasteiger partial charge in [-0.15, -0.1) is 0 Å². The maximum absolute atomic E-state index is 15.3. The summed E-state index contributed by atoms with van der Waals surface area (Å²) in [5.74, 6) is -3.14. The van der Waals surface area contributed by atoms with Crippen LogP contribution in [0.25, 0.3) is 0 Å². The number of amides is 2. The number of nitrogens with one attached hydrogen (secondary N) is 1. The highest BCUT2D eigenvalue weighted by molar-refractivity contribution is 7.81. The number of nitrogens with zero attached hydrogens (tertiary/aromatic N) is 4. The Kier molecular flexibility index (Phi) is 10.4. The molecule has 3 rings (SSSR count). The van der Waals surface area contributed by atoms with Crippen LogP contribution in [0.4, 0.5) is 28.9 Å². The van der Waals surface area contributed by atoms with E-state index in [0.29, 0.717) is 11.2 Å². The van der Waals surface area contributed by atoms with E-state index in [-0.39, 0.29) is 42.4 Å². The standard InChI is InChI=1S/C29H31F4N5O6S/c1-27(2,3)19(14-39)35-20(40)15-43-11-12-44-21-10-9-18(24(36-21)42-6)38-26(45)37(25(41)28(38,4)5)17-8-7-16(13-34)22(23(17)30)29(31,32)33/h7-10,14,19H,11-12,15H2,1-6H3,(H,35,40). The van der Waals surface area contributed by atoms with Crippen LogP contribution in [0.3, 0.4) is 0 Å². The molecule has 1 saturated heterocycles. The molecule has 1 N–H and O–H groups in total. The Hall–Kier alpha value is -4.36. The van der Waals surface area contributed by atoms with E-state index in [9.17, 15) is 27.6 Å². The van der Waals surface area contributed by atoms with Crippen molar-refractivity contribution < 1.29 is 46.2 Å². The predicted molar refractivity (Wildman–Crippen MR) is 157 cm³/mol. The smallest absolute Gasteiger partial charge is 0.420 e. The van der Waals surface area contributed by atoms with Gasteiger partial charge in [0.05, 0.1) is 37.1 Å². The Morgan fingerprint density at radius 1 is 1.18 bits per heavy atom. The highest BCUT2D eigenvalue weighted by Crippen LogP contribution is 2.43. The second-order valence-corrected chi connectivity index (χ2v) is 11.7. The summed E-state index contributed by atoms with van der Waals surface area (Å²) in [5.41, 5.74) is -5.38. The van der Waals surface area contributed by atoms with Crippen LogP contribution in [0.2, 0.25) is 0 Å². The SMILES string of the molecule is COc1nc(OCCOCC(=O)NC(C=O)C(C)(C)C)ccc1N1C(=S)N(c2ccc(C#N)c(C(F)(F)F)c2F)C(=O)C1(C)C. The molecule has 0 spiro atoms. The number of methoxy groups -OCH3 is 1. The van der Waals surface area contributed by atoms with Crippen LogP contribution in [0.5, 0.6) is 11.8 Å². The molecule has 2 heterocycles. The quantitative estimate of drug-likeness (QED) is 0.163. The number of ether oxygens (including phenoxy) is 3. The third kappa shape index (κ3) is 7.31. The van der Waals surface area contributed by atoms with Gasteiger partial charge in [-0.3, -0.25) is 19.4 Å². The number of halogens is 4. The molecule has 45 heavy (non-hydrogen) atoms. The fourth-order valence-electron chi connectivity index (χ4n) is 4.38. The van der Waals surface area contributed by atoms with Gasteiger partial charge in [-0.25, -0.2) is 4.39 Å². The summed E-state index contributed by atoms with van der Waals surface area (Å²) in [5, 5.41) is 11.3. The third-order valence-electron chi connectivity index (χ3n) is 6.78. The second-order valence-electron chi connectivity index (χ2n) is 11.4. The number of aldehydes is 1. The number of rotatable bonds is 11. The molecule has 1 atom stereocenters. The van der Waals surface area contributed by atoms with Crippen LogP contribution in [-0.4, -0.2) is 66.7 Å². The number of benzene rings is 1. The van der Waals surface area contributed by atoms with Gasteiger partial charge in [0.25, 0.3) is 5.91 Å². The zero-order valence-corrected chi connectivity index (χ0v) is 26.1. The van der Waals surface area contributed by atoms with Crippen molar-refractivity contribution in [3.05, 3.63) is 41.2 Å². The first kappa shape index (κ1) is 35.1. The van der Waals surface area contributed by atoms with Gasteiger partial charge in [0.1, 0.15) is 36.3 Å². The van der Waals surface area contributed by atoms with Gasteiger partial charge in [0.2, 0.25) is 17.7 Å². The van der Waals surface area contributed by atoms with Crippen LogP contribution in [-0.2, 0) is 25.3 Å². The Labute approximate surface area is 262 Å². The summed E-state index contributed by atoms with van der Waals surface area (Å²) < 4.78 is 72.4. The molecule has 1 fully saturated rings. The molecule has 2 amide bonds. The lowest BCUT2D eigenvalue weighted by Crippen LogP contribution is -2.46. The topological polar surface area (TPSA) is 134 Å². The second kappa shape index (κ2) is 13.3. The predicted octanol–water partition coefficient (Wildman–Crippen LogP) is 4.16. The van der Waals surface area contributed by atoms with Crippen molar-refractivity contribution in [3.63, 3.8) is 0 Å². The number of carbonyl (C=O) groups excluding carboxylic acids is 3. The molecule has 1 aromatic carbocycles. The van der Waals surface area contributed by atoms with Crippen LogP contribution in [0, 0.1) is 22.6 Å². The average Bonchev–Trinajstić information content (AvgIpc) is 3.12. The van der Waals surface area contributed by atoms with Crippen LogP contribution in [0.1, 0.15) is 45.7 Å². The van der Waals surface area contributed by atoms with Crippen molar-refractivity contribution in [2.45, 2.75) is 52.4 Å². The Balaban J connectivity index is 1.77. The number of thiocarbonyl (C=S) groups is 1. The van der Waals surface area contributed by atoms with E-state index >= 15 is 4.39 Å². The normalized spacial score (nSPS) is 15.5. The fraction of sp³-hybridized carbons (Fsp3) is 0.448.